The summed E-state index contributed by atoms with van der Waals surface area (Å²) in [4.78, 5) is 0. The largest absolute Gasteiger partial charge is 0.493 e. The second-order valence-corrected chi connectivity index (χ2v) is 6.20. The average Bonchev–Trinajstić information content (AvgIpc) is 2.64. The number of hydrogen-bond donors (Lipinski definition) is 1. The van der Waals surface area contributed by atoms with Crippen LogP contribution in [0.1, 0.15) is 36.0 Å². The van der Waals surface area contributed by atoms with Gasteiger partial charge in [0.05, 0.1) is 20.8 Å². The molecule has 0 fully saturated rings. The van der Waals surface area contributed by atoms with Crippen molar-refractivity contribution in [2.45, 2.75) is 32.6 Å². The van der Waals surface area contributed by atoms with Crippen LogP contribution in [0.15, 0.2) is 36.4 Å². The fraction of sp³-hybridized carbons (Fsp3) is 0.429. The maximum atomic E-state index is 6.06. The molecule has 136 valence electrons. The van der Waals surface area contributed by atoms with E-state index in [0.717, 1.165) is 42.3 Å². The Labute approximate surface area is 150 Å². The van der Waals surface area contributed by atoms with Crippen molar-refractivity contribution in [3.63, 3.8) is 0 Å². The molecule has 1 unspecified atom stereocenters. The van der Waals surface area contributed by atoms with Gasteiger partial charge in [0.1, 0.15) is 5.75 Å². The van der Waals surface area contributed by atoms with Crippen molar-refractivity contribution in [3.05, 3.63) is 53.1 Å². The minimum atomic E-state index is 0.247. The van der Waals surface area contributed by atoms with E-state index in [1.165, 1.54) is 11.1 Å². The fourth-order valence-electron chi connectivity index (χ4n) is 2.93. The SMILES string of the molecule is CCCOc1ccc(C(CN)Cc2ccc(OC)c(OC)c2)cc1C. The molecule has 0 saturated heterocycles. The van der Waals surface area contributed by atoms with Crippen LogP contribution in [0.5, 0.6) is 17.2 Å². The second kappa shape index (κ2) is 9.33. The quantitative estimate of drug-likeness (QED) is 0.745. The smallest absolute Gasteiger partial charge is 0.160 e. The van der Waals surface area contributed by atoms with Gasteiger partial charge < -0.3 is 19.9 Å². The highest BCUT2D eigenvalue weighted by Gasteiger charge is 2.14. The van der Waals surface area contributed by atoms with Gasteiger partial charge in [-0.25, -0.2) is 0 Å². The number of rotatable bonds is 9. The Hall–Kier alpha value is -2.20. The summed E-state index contributed by atoms with van der Waals surface area (Å²) in [6, 6.07) is 12.4. The molecule has 2 N–H and O–H groups in total. The van der Waals surface area contributed by atoms with Gasteiger partial charge in [-0.2, -0.15) is 0 Å². The van der Waals surface area contributed by atoms with E-state index >= 15 is 0 Å². The number of ether oxygens (including phenoxy) is 3. The molecule has 1 atom stereocenters. The van der Waals surface area contributed by atoms with E-state index in [9.17, 15) is 0 Å². The molecule has 2 aromatic rings. The summed E-state index contributed by atoms with van der Waals surface area (Å²) in [6.45, 7) is 5.52. The highest BCUT2D eigenvalue weighted by Crippen LogP contribution is 2.31. The molecule has 4 heteroatoms. The van der Waals surface area contributed by atoms with Gasteiger partial charge >= 0.3 is 0 Å². The molecule has 0 amide bonds. The molecule has 25 heavy (non-hydrogen) atoms. The van der Waals surface area contributed by atoms with Gasteiger partial charge in [-0.15, -0.1) is 0 Å². The summed E-state index contributed by atoms with van der Waals surface area (Å²) in [5.41, 5.74) is 9.62. The molecular weight excluding hydrogens is 314 g/mol. The summed E-state index contributed by atoms with van der Waals surface area (Å²) in [7, 11) is 3.30. The van der Waals surface area contributed by atoms with E-state index in [-0.39, 0.29) is 5.92 Å². The predicted octanol–water partition coefficient (Wildman–Crippen LogP) is 4.09. The number of hydrogen-bond acceptors (Lipinski definition) is 4. The van der Waals surface area contributed by atoms with Crippen LogP contribution in [0.4, 0.5) is 0 Å². The topological polar surface area (TPSA) is 53.7 Å². The number of methoxy groups -OCH3 is 2. The van der Waals surface area contributed by atoms with E-state index in [2.05, 4.69) is 38.1 Å². The summed E-state index contributed by atoms with van der Waals surface area (Å²) >= 11 is 0. The van der Waals surface area contributed by atoms with E-state index in [4.69, 9.17) is 19.9 Å². The molecule has 0 heterocycles. The van der Waals surface area contributed by atoms with Crippen LogP contribution in [-0.2, 0) is 6.42 Å². The first-order valence-corrected chi connectivity index (χ1v) is 8.77. The lowest BCUT2D eigenvalue weighted by Gasteiger charge is -2.18. The zero-order valence-electron chi connectivity index (χ0n) is 15.7. The number of aryl methyl sites for hydroxylation is 1. The molecular formula is C21H29NO3. The van der Waals surface area contributed by atoms with Gasteiger partial charge in [0.2, 0.25) is 0 Å². The average molecular weight is 343 g/mol. The van der Waals surface area contributed by atoms with Crippen molar-refractivity contribution in [1.82, 2.24) is 0 Å². The lowest BCUT2D eigenvalue weighted by molar-refractivity contribution is 0.315. The van der Waals surface area contributed by atoms with Crippen LogP contribution in [-0.4, -0.2) is 27.4 Å². The Morgan fingerprint density at radius 1 is 0.960 bits per heavy atom. The Morgan fingerprint density at radius 2 is 1.68 bits per heavy atom. The second-order valence-electron chi connectivity index (χ2n) is 6.20. The molecule has 2 aromatic carbocycles. The lowest BCUT2D eigenvalue weighted by atomic mass is 9.91. The van der Waals surface area contributed by atoms with Gasteiger partial charge in [0.25, 0.3) is 0 Å². The molecule has 0 aliphatic rings. The van der Waals surface area contributed by atoms with Crippen molar-refractivity contribution in [1.29, 1.82) is 0 Å². The molecule has 0 spiro atoms. The minimum Gasteiger partial charge on any atom is -0.493 e. The summed E-state index contributed by atoms with van der Waals surface area (Å²) in [5, 5.41) is 0. The van der Waals surface area contributed by atoms with Crippen molar-refractivity contribution in [2.24, 2.45) is 5.73 Å². The first-order valence-electron chi connectivity index (χ1n) is 8.77. The highest BCUT2D eigenvalue weighted by molar-refractivity contribution is 5.44. The summed E-state index contributed by atoms with van der Waals surface area (Å²) in [6.07, 6.45) is 1.86. The minimum absolute atomic E-state index is 0.247. The molecule has 0 radical (unpaired) electrons. The zero-order valence-corrected chi connectivity index (χ0v) is 15.7. The maximum Gasteiger partial charge on any atom is 0.160 e. The van der Waals surface area contributed by atoms with E-state index in [1.807, 2.05) is 12.1 Å². The van der Waals surface area contributed by atoms with Crippen LogP contribution in [0.25, 0.3) is 0 Å². The molecule has 0 aliphatic carbocycles. The van der Waals surface area contributed by atoms with Gasteiger partial charge in [-0.3, -0.25) is 0 Å². The first kappa shape index (κ1) is 19.1. The zero-order chi connectivity index (χ0) is 18.2. The van der Waals surface area contributed by atoms with Gasteiger partial charge in [-0.1, -0.05) is 25.1 Å². The molecule has 0 aromatic heterocycles. The van der Waals surface area contributed by atoms with Crippen LogP contribution in [0.2, 0.25) is 0 Å². The fourth-order valence-corrected chi connectivity index (χ4v) is 2.93. The van der Waals surface area contributed by atoms with Crippen molar-refractivity contribution >= 4 is 0 Å². The Morgan fingerprint density at radius 3 is 2.28 bits per heavy atom. The standard InChI is InChI=1S/C21H29NO3/c1-5-10-25-19-9-7-17(11-15(19)2)18(14-22)12-16-6-8-20(23-3)21(13-16)24-4/h6-9,11,13,18H,5,10,12,14,22H2,1-4H3. The monoisotopic (exact) mass is 343 g/mol. The van der Waals surface area contributed by atoms with Gasteiger partial charge in [0.15, 0.2) is 11.5 Å². The van der Waals surface area contributed by atoms with Crippen molar-refractivity contribution < 1.29 is 14.2 Å². The maximum absolute atomic E-state index is 6.06. The predicted molar refractivity (Wildman–Crippen MR) is 102 cm³/mol. The summed E-state index contributed by atoms with van der Waals surface area (Å²) < 4.78 is 16.5. The van der Waals surface area contributed by atoms with Crippen molar-refractivity contribution in [2.75, 3.05) is 27.4 Å². The molecule has 2 rings (SSSR count). The van der Waals surface area contributed by atoms with E-state index < -0.39 is 0 Å². The van der Waals surface area contributed by atoms with Crippen LogP contribution < -0.4 is 19.9 Å². The lowest BCUT2D eigenvalue weighted by Crippen LogP contribution is -2.15. The molecule has 0 aliphatic heterocycles. The van der Waals surface area contributed by atoms with Crippen LogP contribution in [0.3, 0.4) is 0 Å². The molecule has 0 bridgehead atoms. The van der Waals surface area contributed by atoms with Crippen LogP contribution >= 0.6 is 0 Å². The normalized spacial score (nSPS) is 11.9. The Balaban J connectivity index is 2.18. The third kappa shape index (κ3) is 4.89. The van der Waals surface area contributed by atoms with E-state index in [0.29, 0.717) is 6.54 Å². The number of nitrogens with two attached hydrogens (primary N) is 1. The third-order valence-corrected chi connectivity index (χ3v) is 4.35. The summed E-state index contributed by atoms with van der Waals surface area (Å²) in [5.74, 6) is 2.68. The van der Waals surface area contributed by atoms with Crippen LogP contribution in [0, 0.1) is 6.92 Å². The molecule has 0 saturated carbocycles. The van der Waals surface area contributed by atoms with E-state index in [1.54, 1.807) is 14.2 Å². The first-order chi connectivity index (χ1) is 12.1. The third-order valence-electron chi connectivity index (χ3n) is 4.35. The molecule has 4 nitrogen and oxygen atoms in total. The Bertz CT molecular complexity index is 685. The van der Waals surface area contributed by atoms with Gasteiger partial charge in [-0.05, 0) is 61.2 Å². The highest BCUT2D eigenvalue weighted by atomic mass is 16.5. The number of benzene rings is 2. The Kier molecular flexibility index (Phi) is 7.14. The van der Waals surface area contributed by atoms with Crippen molar-refractivity contribution in [3.8, 4) is 17.2 Å². The van der Waals surface area contributed by atoms with Gasteiger partial charge in [0, 0.05) is 5.92 Å².